The summed E-state index contributed by atoms with van der Waals surface area (Å²) in [4.78, 5) is 13.9. The van der Waals surface area contributed by atoms with Crippen LogP contribution in [0.1, 0.15) is 24.1 Å². The van der Waals surface area contributed by atoms with Crippen molar-refractivity contribution in [3.63, 3.8) is 0 Å². The molecule has 0 bridgehead atoms. The minimum atomic E-state index is 0.206. The van der Waals surface area contributed by atoms with Crippen LogP contribution >= 0.6 is 0 Å². The Morgan fingerprint density at radius 2 is 2.11 bits per heavy atom. The zero-order chi connectivity index (χ0) is 12.7. The highest BCUT2D eigenvalue weighted by Crippen LogP contribution is 2.43. The molecule has 0 spiro atoms. The van der Waals surface area contributed by atoms with Gasteiger partial charge in [-0.2, -0.15) is 0 Å². The van der Waals surface area contributed by atoms with Crippen molar-refractivity contribution in [3.8, 4) is 0 Å². The molecule has 18 heavy (non-hydrogen) atoms. The number of hydrogen-bond acceptors (Lipinski definition) is 2. The number of nitrogens with one attached hydrogen (secondary N) is 1. The minimum absolute atomic E-state index is 0.206. The summed E-state index contributed by atoms with van der Waals surface area (Å²) in [5.41, 5.74) is 2.62. The third kappa shape index (κ3) is 1.74. The van der Waals surface area contributed by atoms with E-state index in [0.717, 1.165) is 19.6 Å². The van der Waals surface area contributed by atoms with Gasteiger partial charge in [0.25, 0.3) is 0 Å². The van der Waals surface area contributed by atoms with Crippen LogP contribution in [0.3, 0.4) is 0 Å². The molecule has 2 aliphatic heterocycles. The van der Waals surface area contributed by atoms with Gasteiger partial charge < -0.3 is 10.2 Å². The fourth-order valence-electron chi connectivity index (χ4n) is 3.56. The standard InChI is InChI=1S/C15H20N2O/c1-10-5-3-4-6-13(10)15-14-8-16-7-12(14)9-17(15)11(2)18/h3-6,12,14-16H,7-9H2,1-2H3/t12-,14-,15+/m1/s1. The lowest BCUT2D eigenvalue weighted by Gasteiger charge is -2.28. The number of rotatable bonds is 1. The second-order valence-electron chi connectivity index (χ2n) is 5.55. The number of fused-ring (bicyclic) bond motifs is 1. The molecule has 2 fully saturated rings. The van der Waals surface area contributed by atoms with Gasteiger partial charge in [0, 0.05) is 32.5 Å². The number of hydrogen-bond donors (Lipinski definition) is 1. The van der Waals surface area contributed by atoms with E-state index in [0.29, 0.717) is 11.8 Å². The molecule has 1 amide bonds. The number of carbonyl (C=O) groups excluding carboxylic acids is 1. The van der Waals surface area contributed by atoms with Crippen molar-refractivity contribution >= 4 is 5.91 Å². The predicted octanol–water partition coefficient (Wildman–Crippen LogP) is 1.73. The molecule has 1 N–H and O–H groups in total. The Bertz CT molecular complexity index is 471. The Kier molecular flexibility index (Phi) is 2.86. The molecule has 0 radical (unpaired) electrons. The maximum Gasteiger partial charge on any atom is 0.219 e. The quantitative estimate of drug-likeness (QED) is 0.816. The van der Waals surface area contributed by atoms with Gasteiger partial charge in [0.05, 0.1) is 6.04 Å². The number of benzene rings is 1. The summed E-state index contributed by atoms with van der Waals surface area (Å²) in [6.07, 6.45) is 0. The van der Waals surface area contributed by atoms with Crippen molar-refractivity contribution in [2.45, 2.75) is 19.9 Å². The molecule has 2 heterocycles. The number of carbonyl (C=O) groups is 1. The van der Waals surface area contributed by atoms with Gasteiger partial charge in [0.2, 0.25) is 5.91 Å². The zero-order valence-electron chi connectivity index (χ0n) is 11.0. The normalized spacial score (nSPS) is 30.6. The molecule has 0 aromatic heterocycles. The molecule has 1 aromatic carbocycles. The van der Waals surface area contributed by atoms with Gasteiger partial charge in [-0.05, 0) is 24.0 Å². The van der Waals surface area contributed by atoms with E-state index in [2.05, 4.69) is 41.4 Å². The smallest absolute Gasteiger partial charge is 0.219 e. The van der Waals surface area contributed by atoms with Crippen LogP contribution in [0, 0.1) is 18.8 Å². The molecule has 0 unspecified atom stereocenters. The van der Waals surface area contributed by atoms with Crippen LogP contribution < -0.4 is 5.32 Å². The lowest BCUT2D eigenvalue weighted by atomic mass is 9.87. The predicted molar refractivity (Wildman–Crippen MR) is 71.2 cm³/mol. The van der Waals surface area contributed by atoms with E-state index < -0.39 is 0 Å². The van der Waals surface area contributed by atoms with Gasteiger partial charge >= 0.3 is 0 Å². The molecule has 3 heteroatoms. The van der Waals surface area contributed by atoms with Gasteiger partial charge in [0.15, 0.2) is 0 Å². The van der Waals surface area contributed by atoms with Crippen molar-refractivity contribution in [1.29, 1.82) is 0 Å². The Morgan fingerprint density at radius 1 is 1.33 bits per heavy atom. The largest absolute Gasteiger partial charge is 0.335 e. The second-order valence-corrected chi connectivity index (χ2v) is 5.55. The average Bonchev–Trinajstić information content (AvgIpc) is 2.89. The van der Waals surface area contributed by atoms with E-state index in [1.807, 2.05) is 0 Å². The number of aryl methyl sites for hydroxylation is 1. The van der Waals surface area contributed by atoms with Crippen LogP contribution in [0.4, 0.5) is 0 Å². The molecule has 0 saturated carbocycles. The van der Waals surface area contributed by atoms with E-state index in [-0.39, 0.29) is 11.9 Å². The molecule has 96 valence electrons. The maximum atomic E-state index is 11.9. The van der Waals surface area contributed by atoms with E-state index in [1.54, 1.807) is 6.92 Å². The van der Waals surface area contributed by atoms with Crippen LogP contribution in [0.15, 0.2) is 24.3 Å². The summed E-state index contributed by atoms with van der Waals surface area (Å²) in [6.45, 7) is 6.83. The topological polar surface area (TPSA) is 32.3 Å². The van der Waals surface area contributed by atoms with E-state index >= 15 is 0 Å². The Hall–Kier alpha value is -1.35. The first kappa shape index (κ1) is 11.7. The highest BCUT2D eigenvalue weighted by Gasteiger charge is 2.46. The fraction of sp³-hybridized carbons (Fsp3) is 0.533. The molecular weight excluding hydrogens is 224 g/mol. The molecule has 3 atom stereocenters. The second kappa shape index (κ2) is 4.39. The average molecular weight is 244 g/mol. The molecule has 1 aromatic rings. The minimum Gasteiger partial charge on any atom is -0.335 e. The first-order chi connectivity index (χ1) is 8.68. The first-order valence-corrected chi connectivity index (χ1v) is 6.72. The Labute approximate surface area is 108 Å². The third-order valence-electron chi connectivity index (χ3n) is 4.48. The summed E-state index contributed by atoms with van der Waals surface area (Å²) in [7, 11) is 0. The molecule has 3 nitrogen and oxygen atoms in total. The van der Waals surface area contributed by atoms with Crippen LogP contribution in [-0.4, -0.2) is 30.4 Å². The van der Waals surface area contributed by atoms with E-state index in [1.165, 1.54) is 11.1 Å². The molecule has 2 saturated heterocycles. The summed E-state index contributed by atoms with van der Waals surface area (Å²) in [6, 6.07) is 8.73. The number of likely N-dealkylation sites (tertiary alicyclic amines) is 1. The van der Waals surface area contributed by atoms with Gasteiger partial charge in [0.1, 0.15) is 0 Å². The highest BCUT2D eigenvalue weighted by atomic mass is 16.2. The van der Waals surface area contributed by atoms with Crippen molar-refractivity contribution in [3.05, 3.63) is 35.4 Å². The van der Waals surface area contributed by atoms with Crippen molar-refractivity contribution < 1.29 is 4.79 Å². The number of amides is 1. The first-order valence-electron chi connectivity index (χ1n) is 6.72. The monoisotopic (exact) mass is 244 g/mol. The summed E-state index contributed by atoms with van der Waals surface area (Å²) in [5, 5.41) is 3.46. The zero-order valence-corrected chi connectivity index (χ0v) is 11.0. The molecule has 0 aliphatic carbocycles. The van der Waals surface area contributed by atoms with Gasteiger partial charge in [-0.1, -0.05) is 24.3 Å². The summed E-state index contributed by atoms with van der Waals surface area (Å²) in [5.74, 6) is 1.41. The van der Waals surface area contributed by atoms with E-state index in [4.69, 9.17) is 0 Å². The van der Waals surface area contributed by atoms with Crippen LogP contribution in [0.2, 0.25) is 0 Å². The van der Waals surface area contributed by atoms with Gasteiger partial charge in [-0.3, -0.25) is 4.79 Å². The van der Waals surface area contributed by atoms with Crippen molar-refractivity contribution in [2.24, 2.45) is 11.8 Å². The fourth-order valence-corrected chi connectivity index (χ4v) is 3.56. The summed E-state index contributed by atoms with van der Waals surface area (Å²) < 4.78 is 0. The van der Waals surface area contributed by atoms with E-state index in [9.17, 15) is 4.79 Å². The van der Waals surface area contributed by atoms with Gasteiger partial charge in [-0.25, -0.2) is 0 Å². The Balaban J connectivity index is 2.01. The third-order valence-corrected chi connectivity index (χ3v) is 4.48. The Morgan fingerprint density at radius 3 is 2.83 bits per heavy atom. The van der Waals surface area contributed by atoms with Crippen molar-refractivity contribution in [2.75, 3.05) is 19.6 Å². The molecule has 3 rings (SSSR count). The number of nitrogens with zero attached hydrogens (tertiary/aromatic N) is 1. The van der Waals surface area contributed by atoms with Crippen LogP contribution in [0.5, 0.6) is 0 Å². The SMILES string of the molecule is CC(=O)N1C[C@H]2CNC[C@H]2[C@@H]1c1ccccc1C. The molecular formula is C15H20N2O. The van der Waals surface area contributed by atoms with Gasteiger partial charge in [-0.15, -0.1) is 0 Å². The molecule has 2 aliphatic rings. The maximum absolute atomic E-state index is 11.9. The van der Waals surface area contributed by atoms with Crippen molar-refractivity contribution in [1.82, 2.24) is 10.2 Å². The van der Waals surface area contributed by atoms with Crippen LogP contribution in [0.25, 0.3) is 0 Å². The van der Waals surface area contributed by atoms with Crippen LogP contribution in [-0.2, 0) is 4.79 Å². The summed E-state index contributed by atoms with van der Waals surface area (Å²) >= 11 is 0. The highest BCUT2D eigenvalue weighted by molar-refractivity contribution is 5.74. The lowest BCUT2D eigenvalue weighted by Crippen LogP contribution is -2.33. The lowest BCUT2D eigenvalue weighted by molar-refractivity contribution is -0.130.